The van der Waals surface area contributed by atoms with Crippen LogP contribution in [0.2, 0.25) is 5.54 Å². The van der Waals surface area contributed by atoms with Crippen LogP contribution in [0.4, 0.5) is 0 Å². The number of unbranched alkanes of at least 4 members (excludes halogenated alkanes) is 5. The van der Waals surface area contributed by atoms with E-state index in [0.717, 1.165) is 5.54 Å². The van der Waals surface area contributed by atoms with Crippen LogP contribution < -0.4 is 0 Å². The smallest absolute Gasteiger partial charge is 0.0257 e. The van der Waals surface area contributed by atoms with E-state index in [4.69, 9.17) is 0 Å². The van der Waals surface area contributed by atoms with Gasteiger partial charge in [0, 0.05) is 9.52 Å². The average Bonchev–Trinajstić information content (AvgIpc) is 2.02. The maximum absolute atomic E-state index is 2.59. The Bertz CT molecular complexity index is 79.1. The minimum atomic E-state index is 0.182. The van der Waals surface area contributed by atoms with Crippen molar-refractivity contribution >= 4 is 9.52 Å². The van der Waals surface area contributed by atoms with E-state index in [0.29, 0.717) is 0 Å². The van der Waals surface area contributed by atoms with Crippen molar-refractivity contribution in [3.8, 4) is 0 Å². The highest BCUT2D eigenvalue weighted by atomic mass is 28.2. The van der Waals surface area contributed by atoms with Gasteiger partial charge in [-0.05, 0) is 0 Å². The topological polar surface area (TPSA) is 0 Å². The molecule has 0 bridgehead atoms. The first-order valence-electron chi connectivity index (χ1n) is 5.59. The van der Waals surface area contributed by atoms with Crippen molar-refractivity contribution < 1.29 is 0 Å². The molecule has 0 N–H and O–H groups in total. The van der Waals surface area contributed by atoms with Crippen LogP contribution in [0.5, 0.6) is 0 Å². The molecule has 0 amide bonds. The van der Waals surface area contributed by atoms with Gasteiger partial charge in [0.05, 0.1) is 0 Å². The minimum absolute atomic E-state index is 0.182. The molecule has 0 aromatic heterocycles. The molecule has 0 aromatic rings. The third-order valence-electron chi connectivity index (χ3n) is 2.15. The SMILES string of the molecule is CCCCCCC[CH][SiH2]C(C)C. The van der Waals surface area contributed by atoms with Crippen molar-refractivity contribution in [2.75, 3.05) is 0 Å². The molecule has 0 fully saturated rings. The molecule has 1 heteroatoms. The van der Waals surface area contributed by atoms with Gasteiger partial charge < -0.3 is 0 Å². The van der Waals surface area contributed by atoms with E-state index in [9.17, 15) is 0 Å². The van der Waals surface area contributed by atoms with Gasteiger partial charge in [0.1, 0.15) is 0 Å². The Balaban J connectivity index is 2.82. The van der Waals surface area contributed by atoms with Gasteiger partial charge in [0.2, 0.25) is 0 Å². The summed E-state index contributed by atoms with van der Waals surface area (Å²) in [6.07, 6.45) is 8.55. The lowest BCUT2D eigenvalue weighted by molar-refractivity contribution is 0.634. The van der Waals surface area contributed by atoms with Crippen LogP contribution in [0.25, 0.3) is 0 Å². The van der Waals surface area contributed by atoms with Gasteiger partial charge in [-0.2, -0.15) is 0 Å². The molecule has 0 aliphatic heterocycles. The van der Waals surface area contributed by atoms with E-state index in [1.807, 2.05) is 0 Å². The average molecular weight is 185 g/mol. The van der Waals surface area contributed by atoms with Crippen LogP contribution in [0.15, 0.2) is 0 Å². The lowest BCUT2D eigenvalue weighted by Gasteiger charge is -2.02. The lowest BCUT2D eigenvalue weighted by Crippen LogP contribution is -1.96. The van der Waals surface area contributed by atoms with Crippen molar-refractivity contribution in [2.24, 2.45) is 0 Å². The predicted octanol–water partition coefficient (Wildman–Crippen LogP) is 3.51. The van der Waals surface area contributed by atoms with Crippen molar-refractivity contribution in [2.45, 2.75) is 64.8 Å². The summed E-state index contributed by atoms with van der Waals surface area (Å²) in [5.41, 5.74) is 0.987. The molecule has 0 rings (SSSR count). The summed E-state index contributed by atoms with van der Waals surface area (Å²) in [5.74, 6) is 0. The van der Waals surface area contributed by atoms with Gasteiger partial charge in [-0.3, -0.25) is 0 Å². The number of rotatable bonds is 8. The third kappa shape index (κ3) is 10.2. The van der Waals surface area contributed by atoms with E-state index < -0.39 is 0 Å². The standard InChI is InChI=1S/C11H25Si/c1-4-5-6-7-8-9-10-12-11(2)3/h10-11H,4-9,12H2,1-3H3. The third-order valence-corrected chi connectivity index (χ3v) is 3.83. The van der Waals surface area contributed by atoms with Crippen LogP contribution in [0.3, 0.4) is 0 Å². The highest BCUT2D eigenvalue weighted by Gasteiger charge is 1.95. The summed E-state index contributed by atoms with van der Waals surface area (Å²) in [4.78, 5) is 0. The second kappa shape index (κ2) is 9.31. The highest BCUT2D eigenvalue weighted by molar-refractivity contribution is 6.41. The van der Waals surface area contributed by atoms with Gasteiger partial charge in [0.25, 0.3) is 0 Å². The molecule has 0 saturated heterocycles. The van der Waals surface area contributed by atoms with E-state index >= 15 is 0 Å². The van der Waals surface area contributed by atoms with Gasteiger partial charge in [-0.1, -0.05) is 70.9 Å². The van der Waals surface area contributed by atoms with Crippen molar-refractivity contribution in [1.82, 2.24) is 0 Å². The molecule has 0 aliphatic carbocycles. The molecule has 0 aliphatic rings. The number of hydrogen-bond acceptors (Lipinski definition) is 0. The fraction of sp³-hybridized carbons (Fsp3) is 0.909. The summed E-state index contributed by atoms with van der Waals surface area (Å²) in [7, 11) is 0.182. The van der Waals surface area contributed by atoms with Crippen LogP contribution in [-0.4, -0.2) is 9.52 Å². The zero-order valence-electron chi connectivity index (χ0n) is 9.10. The van der Waals surface area contributed by atoms with Gasteiger partial charge in [0.15, 0.2) is 0 Å². The molecule has 0 unspecified atom stereocenters. The van der Waals surface area contributed by atoms with E-state index in [-0.39, 0.29) is 9.52 Å². The molecule has 1 radical (unpaired) electrons. The normalized spacial score (nSPS) is 12.0. The molecule has 0 saturated carbocycles. The molecule has 0 atom stereocenters. The van der Waals surface area contributed by atoms with Gasteiger partial charge in [-0.15, -0.1) is 0 Å². The molecule has 0 nitrogen and oxygen atoms in total. The molecule has 12 heavy (non-hydrogen) atoms. The summed E-state index contributed by atoms with van der Waals surface area (Å²) in [6.45, 7) is 6.97. The highest BCUT2D eigenvalue weighted by Crippen LogP contribution is 2.08. The summed E-state index contributed by atoms with van der Waals surface area (Å²) < 4.78 is 0. The van der Waals surface area contributed by atoms with Crippen molar-refractivity contribution in [3.63, 3.8) is 0 Å². The largest absolute Gasteiger partial charge is 0.0657 e. The fourth-order valence-electron chi connectivity index (χ4n) is 1.34. The van der Waals surface area contributed by atoms with Gasteiger partial charge in [-0.25, -0.2) is 0 Å². The van der Waals surface area contributed by atoms with Crippen LogP contribution in [0, 0.1) is 6.04 Å². The second-order valence-electron chi connectivity index (χ2n) is 4.12. The molecule has 0 heterocycles. The Morgan fingerprint density at radius 3 is 2.33 bits per heavy atom. The predicted molar refractivity (Wildman–Crippen MR) is 61.3 cm³/mol. The number of hydrogen-bond donors (Lipinski definition) is 0. The summed E-state index contributed by atoms with van der Waals surface area (Å²) in [5, 5.41) is 0. The van der Waals surface area contributed by atoms with E-state index in [2.05, 4.69) is 26.8 Å². The maximum atomic E-state index is 2.59. The zero-order chi connectivity index (χ0) is 9.23. The molecule has 0 aromatic carbocycles. The van der Waals surface area contributed by atoms with Crippen LogP contribution in [0.1, 0.15) is 59.3 Å². The first kappa shape index (κ1) is 12.2. The second-order valence-corrected chi connectivity index (χ2v) is 6.80. The van der Waals surface area contributed by atoms with Gasteiger partial charge >= 0.3 is 0 Å². The van der Waals surface area contributed by atoms with Crippen molar-refractivity contribution in [1.29, 1.82) is 0 Å². The van der Waals surface area contributed by atoms with Crippen LogP contribution in [-0.2, 0) is 0 Å². The molecular formula is C11H25Si. The van der Waals surface area contributed by atoms with E-state index in [1.54, 1.807) is 0 Å². The lowest BCUT2D eigenvalue weighted by atomic mass is 10.1. The zero-order valence-corrected chi connectivity index (χ0v) is 10.5. The first-order valence-corrected chi connectivity index (χ1v) is 7.22. The minimum Gasteiger partial charge on any atom is -0.0657 e. The summed E-state index contributed by atoms with van der Waals surface area (Å²) in [6, 6.07) is 2.59. The van der Waals surface area contributed by atoms with Crippen molar-refractivity contribution in [3.05, 3.63) is 6.04 Å². The monoisotopic (exact) mass is 185 g/mol. The Labute approximate surface area is 81.0 Å². The molecular weight excluding hydrogens is 160 g/mol. The Kier molecular flexibility index (Phi) is 9.47. The molecule has 0 spiro atoms. The van der Waals surface area contributed by atoms with E-state index in [1.165, 1.54) is 38.5 Å². The van der Waals surface area contributed by atoms with Crippen LogP contribution >= 0.6 is 0 Å². The Morgan fingerprint density at radius 1 is 1.08 bits per heavy atom. The maximum Gasteiger partial charge on any atom is 0.0257 e. The molecule has 73 valence electrons. The summed E-state index contributed by atoms with van der Waals surface area (Å²) >= 11 is 0. The first-order chi connectivity index (χ1) is 5.77. The fourth-order valence-corrected chi connectivity index (χ4v) is 2.53. The quantitative estimate of drug-likeness (QED) is 0.401. The Hall–Kier alpha value is 0.217. The Morgan fingerprint density at radius 2 is 1.75 bits per heavy atom.